The summed E-state index contributed by atoms with van der Waals surface area (Å²) in [6.45, 7) is 1.56. The van der Waals surface area contributed by atoms with Crippen LogP contribution in [-0.2, 0) is 4.79 Å². The topological polar surface area (TPSA) is 60.8 Å². The van der Waals surface area contributed by atoms with Crippen molar-refractivity contribution in [2.45, 2.75) is 38.5 Å². The standard InChI is InChI=1S/C12H23NO3.ClH/c1-13(7-8-14)10-12(9-11(15)16)5-3-2-4-6-12;/h14H,2-10H2,1H3,(H,15,16);1H. The van der Waals surface area contributed by atoms with E-state index in [9.17, 15) is 4.79 Å². The Morgan fingerprint density at radius 3 is 2.35 bits per heavy atom. The molecule has 0 unspecified atom stereocenters. The van der Waals surface area contributed by atoms with Crippen molar-refractivity contribution >= 4 is 18.4 Å². The van der Waals surface area contributed by atoms with Gasteiger partial charge in [-0.15, -0.1) is 12.4 Å². The molecular weight excluding hydrogens is 242 g/mol. The predicted octanol–water partition coefficient (Wildman–Crippen LogP) is 1.76. The fourth-order valence-corrected chi connectivity index (χ4v) is 2.84. The van der Waals surface area contributed by atoms with E-state index < -0.39 is 5.97 Å². The van der Waals surface area contributed by atoms with Crippen LogP contribution in [0.1, 0.15) is 38.5 Å². The van der Waals surface area contributed by atoms with Crippen LogP contribution < -0.4 is 0 Å². The molecule has 0 heterocycles. The van der Waals surface area contributed by atoms with Crippen molar-refractivity contribution in [3.05, 3.63) is 0 Å². The molecule has 1 aliphatic carbocycles. The van der Waals surface area contributed by atoms with Crippen LogP contribution >= 0.6 is 12.4 Å². The molecule has 5 heteroatoms. The molecule has 4 nitrogen and oxygen atoms in total. The van der Waals surface area contributed by atoms with E-state index in [1.165, 1.54) is 6.42 Å². The van der Waals surface area contributed by atoms with Gasteiger partial charge in [-0.1, -0.05) is 19.3 Å². The maximum Gasteiger partial charge on any atom is 0.303 e. The fourth-order valence-electron chi connectivity index (χ4n) is 2.84. The summed E-state index contributed by atoms with van der Waals surface area (Å²) in [6.07, 6.45) is 5.79. The van der Waals surface area contributed by atoms with Crippen molar-refractivity contribution in [2.75, 3.05) is 26.7 Å². The molecule has 0 aliphatic heterocycles. The number of carbonyl (C=O) groups is 1. The average Bonchev–Trinajstić information content (AvgIpc) is 2.17. The highest BCUT2D eigenvalue weighted by Crippen LogP contribution is 2.39. The van der Waals surface area contributed by atoms with Gasteiger partial charge in [0.1, 0.15) is 0 Å². The van der Waals surface area contributed by atoms with Gasteiger partial charge in [-0.25, -0.2) is 0 Å². The van der Waals surface area contributed by atoms with E-state index in [0.717, 1.165) is 32.2 Å². The molecule has 1 rings (SSSR count). The molecular formula is C12H24ClNO3. The summed E-state index contributed by atoms with van der Waals surface area (Å²) in [5.41, 5.74) is -0.0615. The molecule has 102 valence electrons. The number of carboxylic acid groups (broad SMARTS) is 1. The number of hydrogen-bond donors (Lipinski definition) is 2. The summed E-state index contributed by atoms with van der Waals surface area (Å²) in [5.74, 6) is -0.695. The highest BCUT2D eigenvalue weighted by molar-refractivity contribution is 5.85. The van der Waals surface area contributed by atoms with Gasteiger partial charge in [0, 0.05) is 13.1 Å². The van der Waals surface area contributed by atoms with Gasteiger partial charge < -0.3 is 15.1 Å². The van der Waals surface area contributed by atoms with E-state index in [0.29, 0.717) is 6.54 Å². The molecule has 0 radical (unpaired) electrons. The van der Waals surface area contributed by atoms with Crippen molar-refractivity contribution in [1.82, 2.24) is 4.90 Å². The molecule has 0 bridgehead atoms. The Kier molecular flexibility index (Phi) is 7.75. The van der Waals surface area contributed by atoms with Crippen molar-refractivity contribution in [3.8, 4) is 0 Å². The molecule has 0 atom stereocenters. The summed E-state index contributed by atoms with van der Waals surface area (Å²) < 4.78 is 0. The van der Waals surface area contributed by atoms with Crippen molar-refractivity contribution < 1.29 is 15.0 Å². The maximum absolute atomic E-state index is 10.9. The fraction of sp³-hybridized carbons (Fsp3) is 0.917. The summed E-state index contributed by atoms with van der Waals surface area (Å²) >= 11 is 0. The van der Waals surface area contributed by atoms with Gasteiger partial charge in [-0.3, -0.25) is 4.79 Å². The Hall–Kier alpha value is -0.320. The molecule has 0 saturated heterocycles. The van der Waals surface area contributed by atoms with Gasteiger partial charge in [-0.05, 0) is 25.3 Å². The number of halogens is 1. The molecule has 0 amide bonds. The lowest BCUT2D eigenvalue weighted by Gasteiger charge is -2.39. The number of aliphatic hydroxyl groups excluding tert-OH is 1. The van der Waals surface area contributed by atoms with E-state index in [-0.39, 0.29) is 30.8 Å². The number of aliphatic carboxylic acids is 1. The Labute approximate surface area is 109 Å². The van der Waals surface area contributed by atoms with Crippen LogP contribution in [0.2, 0.25) is 0 Å². The number of rotatable bonds is 6. The van der Waals surface area contributed by atoms with Crippen LogP contribution in [0.4, 0.5) is 0 Å². The molecule has 17 heavy (non-hydrogen) atoms. The molecule has 1 saturated carbocycles. The first-order valence-electron chi connectivity index (χ1n) is 6.09. The quantitative estimate of drug-likeness (QED) is 0.768. The number of nitrogens with zero attached hydrogens (tertiary/aromatic N) is 1. The maximum atomic E-state index is 10.9. The third kappa shape index (κ3) is 5.70. The second-order valence-electron chi connectivity index (χ2n) is 5.09. The Balaban J connectivity index is 0.00000256. The normalized spacial score (nSPS) is 18.8. The Bertz CT molecular complexity index is 230. The second-order valence-corrected chi connectivity index (χ2v) is 5.09. The van der Waals surface area contributed by atoms with Crippen LogP contribution in [0.25, 0.3) is 0 Å². The molecule has 0 spiro atoms. The smallest absolute Gasteiger partial charge is 0.303 e. The number of likely N-dealkylation sites (N-methyl/N-ethyl adjacent to an activating group) is 1. The third-order valence-corrected chi connectivity index (χ3v) is 3.53. The third-order valence-electron chi connectivity index (χ3n) is 3.53. The Morgan fingerprint density at radius 1 is 1.29 bits per heavy atom. The van der Waals surface area contributed by atoms with Gasteiger partial charge in [-0.2, -0.15) is 0 Å². The highest BCUT2D eigenvalue weighted by Gasteiger charge is 2.35. The summed E-state index contributed by atoms with van der Waals surface area (Å²) in [5, 5.41) is 17.9. The summed E-state index contributed by atoms with van der Waals surface area (Å²) in [7, 11) is 1.95. The first kappa shape index (κ1) is 16.7. The van der Waals surface area contributed by atoms with Gasteiger partial charge in [0.05, 0.1) is 13.0 Å². The zero-order valence-corrected chi connectivity index (χ0v) is 11.3. The highest BCUT2D eigenvalue weighted by atomic mass is 35.5. The van der Waals surface area contributed by atoms with Crippen LogP contribution in [0.15, 0.2) is 0 Å². The summed E-state index contributed by atoms with van der Waals surface area (Å²) in [4.78, 5) is 13.0. The van der Waals surface area contributed by atoms with E-state index in [1.54, 1.807) is 0 Å². The van der Waals surface area contributed by atoms with Crippen LogP contribution in [0.3, 0.4) is 0 Å². The zero-order valence-electron chi connectivity index (χ0n) is 10.5. The minimum absolute atomic E-state index is 0. The molecule has 1 fully saturated rings. The van der Waals surface area contributed by atoms with Crippen LogP contribution in [-0.4, -0.2) is 47.8 Å². The van der Waals surface area contributed by atoms with E-state index in [4.69, 9.17) is 10.2 Å². The van der Waals surface area contributed by atoms with Crippen LogP contribution in [0.5, 0.6) is 0 Å². The van der Waals surface area contributed by atoms with Gasteiger partial charge >= 0.3 is 5.97 Å². The lowest BCUT2D eigenvalue weighted by atomic mass is 9.71. The lowest BCUT2D eigenvalue weighted by Crippen LogP contribution is -2.40. The zero-order chi connectivity index (χ0) is 12.0. The lowest BCUT2D eigenvalue weighted by molar-refractivity contribution is -0.140. The number of hydrogen-bond acceptors (Lipinski definition) is 3. The van der Waals surface area contributed by atoms with E-state index in [1.807, 2.05) is 11.9 Å². The largest absolute Gasteiger partial charge is 0.481 e. The minimum atomic E-state index is -0.695. The summed E-state index contributed by atoms with van der Waals surface area (Å²) in [6, 6.07) is 0. The number of aliphatic hydroxyl groups is 1. The minimum Gasteiger partial charge on any atom is -0.481 e. The number of carboxylic acids is 1. The van der Waals surface area contributed by atoms with Gasteiger partial charge in [0.2, 0.25) is 0 Å². The monoisotopic (exact) mass is 265 g/mol. The average molecular weight is 266 g/mol. The molecule has 0 aromatic carbocycles. The SMILES string of the molecule is CN(CCO)CC1(CC(=O)O)CCCCC1.Cl. The van der Waals surface area contributed by atoms with Gasteiger partial charge in [0.15, 0.2) is 0 Å². The molecule has 0 aromatic rings. The second kappa shape index (κ2) is 7.90. The first-order valence-corrected chi connectivity index (χ1v) is 6.09. The molecule has 0 aromatic heterocycles. The van der Waals surface area contributed by atoms with Crippen LogP contribution in [0, 0.1) is 5.41 Å². The van der Waals surface area contributed by atoms with E-state index in [2.05, 4.69) is 0 Å². The molecule has 1 aliphatic rings. The van der Waals surface area contributed by atoms with Crippen molar-refractivity contribution in [1.29, 1.82) is 0 Å². The van der Waals surface area contributed by atoms with Crippen molar-refractivity contribution in [3.63, 3.8) is 0 Å². The van der Waals surface area contributed by atoms with Gasteiger partial charge in [0.25, 0.3) is 0 Å². The predicted molar refractivity (Wildman–Crippen MR) is 69.6 cm³/mol. The first-order chi connectivity index (χ1) is 7.58. The van der Waals surface area contributed by atoms with Crippen molar-refractivity contribution in [2.24, 2.45) is 5.41 Å². The molecule has 2 N–H and O–H groups in total. The van der Waals surface area contributed by atoms with E-state index >= 15 is 0 Å². The Morgan fingerprint density at radius 2 is 1.88 bits per heavy atom.